The van der Waals surface area contributed by atoms with E-state index in [0.717, 1.165) is 0 Å². The summed E-state index contributed by atoms with van der Waals surface area (Å²) in [5.74, 6) is 0.201. The summed E-state index contributed by atoms with van der Waals surface area (Å²) in [5, 5.41) is 9.54. The molecule has 0 radical (unpaired) electrons. The second-order valence-corrected chi connectivity index (χ2v) is 5.24. The number of nitrogens with one attached hydrogen (secondary N) is 1. The molecule has 0 saturated carbocycles. The highest BCUT2D eigenvalue weighted by Gasteiger charge is 2.20. The van der Waals surface area contributed by atoms with Crippen molar-refractivity contribution in [2.45, 2.75) is 11.6 Å². The van der Waals surface area contributed by atoms with Crippen molar-refractivity contribution in [3.05, 3.63) is 34.1 Å². The van der Waals surface area contributed by atoms with Gasteiger partial charge in [0.25, 0.3) is 12.0 Å². The average molecular weight is 353 g/mol. The molecular weight excluding hydrogens is 340 g/mol. The molecule has 0 bridgehead atoms. The molecule has 0 aliphatic carbocycles. The first-order valence-electron chi connectivity index (χ1n) is 6.68. The van der Waals surface area contributed by atoms with Gasteiger partial charge in [0.15, 0.2) is 16.7 Å². The van der Waals surface area contributed by atoms with Gasteiger partial charge in [0.1, 0.15) is 23.9 Å². The van der Waals surface area contributed by atoms with E-state index in [-0.39, 0.29) is 33.5 Å². The maximum atomic E-state index is 12.5. The van der Waals surface area contributed by atoms with E-state index in [4.69, 9.17) is 9.47 Å². The second-order valence-electron chi connectivity index (χ2n) is 4.45. The van der Waals surface area contributed by atoms with Crippen LogP contribution in [-0.4, -0.2) is 36.4 Å². The van der Waals surface area contributed by atoms with E-state index in [1.807, 2.05) is 0 Å². The molecule has 6 nitrogen and oxygen atoms in total. The Balaban J connectivity index is 2.70. The van der Waals surface area contributed by atoms with Crippen LogP contribution in [0.15, 0.2) is 28.2 Å². The van der Waals surface area contributed by atoms with Crippen LogP contribution in [0.25, 0.3) is 11.3 Å². The third-order valence-electron chi connectivity index (χ3n) is 3.01. The zero-order valence-corrected chi connectivity index (χ0v) is 13.6. The quantitative estimate of drug-likeness (QED) is 0.634. The standard InChI is InChI=1S/C15H13F2N3O3S/c1-22-10-5-3-4-8(13(10)23-7-11(16)17)12-9(6-18)14(21)20-15(19-12)24-2/h3-5,11H,7H2,1-2H3,(H,19,20,21). The number of hydrogen-bond donors (Lipinski definition) is 1. The number of thioether (sulfide) groups is 1. The lowest BCUT2D eigenvalue weighted by molar-refractivity contribution is 0.0807. The summed E-state index contributed by atoms with van der Waals surface area (Å²) in [7, 11) is 1.36. The lowest BCUT2D eigenvalue weighted by Gasteiger charge is -2.15. The monoisotopic (exact) mass is 353 g/mol. The number of hydrogen-bond acceptors (Lipinski definition) is 6. The second kappa shape index (κ2) is 7.79. The minimum Gasteiger partial charge on any atom is -0.493 e. The van der Waals surface area contributed by atoms with Crippen molar-refractivity contribution in [3.8, 4) is 28.8 Å². The Kier molecular flexibility index (Phi) is 5.76. The molecule has 0 spiro atoms. The molecule has 1 heterocycles. The van der Waals surface area contributed by atoms with Crippen LogP contribution in [0.1, 0.15) is 5.56 Å². The summed E-state index contributed by atoms with van der Waals surface area (Å²) >= 11 is 1.18. The average Bonchev–Trinajstić information content (AvgIpc) is 2.58. The molecule has 1 N–H and O–H groups in total. The number of alkyl halides is 2. The molecule has 9 heteroatoms. The zero-order valence-electron chi connectivity index (χ0n) is 12.8. The molecule has 1 aromatic heterocycles. The minimum absolute atomic E-state index is 0.00181. The molecule has 0 aliphatic heterocycles. The lowest BCUT2D eigenvalue weighted by Crippen LogP contribution is -2.15. The molecule has 2 aromatic rings. The number of nitrogens with zero attached hydrogens (tertiary/aromatic N) is 2. The van der Waals surface area contributed by atoms with Crippen LogP contribution in [0.5, 0.6) is 11.5 Å². The zero-order chi connectivity index (χ0) is 17.7. The normalized spacial score (nSPS) is 10.5. The topological polar surface area (TPSA) is 88.0 Å². The third-order valence-corrected chi connectivity index (χ3v) is 3.59. The summed E-state index contributed by atoms with van der Waals surface area (Å²) in [6, 6.07) is 6.42. The van der Waals surface area contributed by atoms with Crippen molar-refractivity contribution in [1.82, 2.24) is 9.97 Å². The number of H-pyrrole nitrogens is 1. The number of rotatable bonds is 6. The Morgan fingerprint density at radius 3 is 2.79 bits per heavy atom. The Morgan fingerprint density at radius 2 is 2.21 bits per heavy atom. The number of halogens is 2. The van der Waals surface area contributed by atoms with Crippen molar-refractivity contribution >= 4 is 11.8 Å². The third kappa shape index (κ3) is 3.65. The summed E-state index contributed by atoms with van der Waals surface area (Å²) in [6.45, 7) is -0.853. The Bertz CT molecular complexity index is 834. The largest absolute Gasteiger partial charge is 0.493 e. The van der Waals surface area contributed by atoms with Crippen LogP contribution in [-0.2, 0) is 0 Å². The van der Waals surface area contributed by atoms with Gasteiger partial charge in [-0.15, -0.1) is 0 Å². The van der Waals surface area contributed by atoms with E-state index in [9.17, 15) is 18.8 Å². The van der Waals surface area contributed by atoms with Gasteiger partial charge in [-0.3, -0.25) is 4.79 Å². The number of benzene rings is 1. The molecule has 0 fully saturated rings. The summed E-state index contributed by atoms with van der Waals surface area (Å²) < 4.78 is 35.3. The molecule has 24 heavy (non-hydrogen) atoms. The van der Waals surface area contributed by atoms with Crippen LogP contribution in [0.2, 0.25) is 0 Å². The Labute approximate surface area is 140 Å². The molecule has 0 atom stereocenters. The Morgan fingerprint density at radius 1 is 1.46 bits per heavy atom. The fraction of sp³-hybridized carbons (Fsp3) is 0.267. The first-order valence-corrected chi connectivity index (χ1v) is 7.91. The first-order chi connectivity index (χ1) is 11.5. The highest BCUT2D eigenvalue weighted by Crippen LogP contribution is 2.38. The van der Waals surface area contributed by atoms with Gasteiger partial charge < -0.3 is 14.5 Å². The van der Waals surface area contributed by atoms with Crippen molar-refractivity contribution in [2.75, 3.05) is 20.0 Å². The summed E-state index contributed by atoms with van der Waals surface area (Å²) in [4.78, 5) is 18.7. The van der Waals surface area contributed by atoms with Crippen LogP contribution in [0.4, 0.5) is 8.78 Å². The van der Waals surface area contributed by atoms with Gasteiger partial charge in [-0.25, -0.2) is 13.8 Å². The summed E-state index contributed by atoms with van der Waals surface area (Å²) in [5.41, 5.74) is -0.570. The van der Waals surface area contributed by atoms with Gasteiger partial charge in [0, 0.05) is 5.56 Å². The van der Waals surface area contributed by atoms with Gasteiger partial charge in [-0.2, -0.15) is 5.26 Å². The number of aromatic nitrogens is 2. The molecule has 2 rings (SSSR count). The molecule has 0 saturated heterocycles. The fourth-order valence-corrected chi connectivity index (χ4v) is 2.38. The highest BCUT2D eigenvalue weighted by molar-refractivity contribution is 7.98. The lowest BCUT2D eigenvalue weighted by atomic mass is 10.1. The van der Waals surface area contributed by atoms with E-state index in [1.165, 1.54) is 31.0 Å². The van der Waals surface area contributed by atoms with E-state index < -0.39 is 18.6 Å². The predicted molar refractivity (Wildman–Crippen MR) is 84.8 cm³/mol. The van der Waals surface area contributed by atoms with Crippen LogP contribution >= 0.6 is 11.8 Å². The fourth-order valence-electron chi connectivity index (χ4n) is 2.01. The molecular formula is C15H13F2N3O3S. The predicted octanol–water partition coefficient (Wildman–Crippen LogP) is 2.68. The van der Waals surface area contributed by atoms with Crippen LogP contribution < -0.4 is 15.0 Å². The molecule has 0 amide bonds. The smallest absolute Gasteiger partial charge is 0.272 e. The van der Waals surface area contributed by atoms with E-state index in [0.29, 0.717) is 0 Å². The molecule has 126 valence electrons. The van der Waals surface area contributed by atoms with Gasteiger partial charge in [0.2, 0.25) is 0 Å². The maximum absolute atomic E-state index is 12.5. The minimum atomic E-state index is -2.69. The number of methoxy groups -OCH3 is 1. The first kappa shape index (κ1) is 17.7. The van der Waals surface area contributed by atoms with E-state index in [1.54, 1.807) is 18.4 Å². The molecule has 0 aliphatic rings. The van der Waals surface area contributed by atoms with Crippen molar-refractivity contribution in [1.29, 1.82) is 5.26 Å². The van der Waals surface area contributed by atoms with Crippen molar-refractivity contribution < 1.29 is 18.3 Å². The number of ether oxygens (including phenoxy) is 2. The number of para-hydroxylation sites is 1. The van der Waals surface area contributed by atoms with Crippen molar-refractivity contribution in [2.24, 2.45) is 0 Å². The van der Waals surface area contributed by atoms with Gasteiger partial charge in [-0.05, 0) is 18.4 Å². The van der Waals surface area contributed by atoms with Gasteiger partial charge in [-0.1, -0.05) is 17.8 Å². The highest BCUT2D eigenvalue weighted by atomic mass is 32.2. The van der Waals surface area contributed by atoms with Crippen LogP contribution in [0.3, 0.4) is 0 Å². The van der Waals surface area contributed by atoms with Crippen LogP contribution in [0, 0.1) is 11.3 Å². The number of nitriles is 1. The maximum Gasteiger partial charge on any atom is 0.272 e. The molecule has 1 aromatic carbocycles. The number of aromatic amines is 1. The van der Waals surface area contributed by atoms with E-state index in [2.05, 4.69) is 9.97 Å². The van der Waals surface area contributed by atoms with Gasteiger partial charge >= 0.3 is 0 Å². The van der Waals surface area contributed by atoms with Gasteiger partial charge in [0.05, 0.1) is 7.11 Å². The van der Waals surface area contributed by atoms with Crippen molar-refractivity contribution in [3.63, 3.8) is 0 Å². The summed E-state index contributed by atoms with van der Waals surface area (Å²) in [6.07, 6.45) is -0.986. The van der Waals surface area contributed by atoms with E-state index >= 15 is 0 Å². The SMILES string of the molecule is COc1cccc(-c2nc(SC)[nH]c(=O)c2C#N)c1OCC(F)F. The Hall–Kier alpha value is -2.60. The molecule has 0 unspecified atom stereocenters.